The number of hydrogen-bond acceptors (Lipinski definition) is 2. The van der Waals surface area contributed by atoms with Crippen molar-refractivity contribution in [3.63, 3.8) is 0 Å². The van der Waals surface area contributed by atoms with Crippen LogP contribution in [0.5, 0.6) is 0 Å². The number of piperidine rings is 1. The van der Waals surface area contributed by atoms with Gasteiger partial charge in [0.05, 0.1) is 0 Å². The number of likely N-dealkylation sites (tertiary alicyclic amines) is 1. The highest BCUT2D eigenvalue weighted by atomic mass is 35.5. The minimum atomic E-state index is 0.706. The summed E-state index contributed by atoms with van der Waals surface area (Å²) in [5, 5.41) is 4.36. The van der Waals surface area contributed by atoms with Gasteiger partial charge in [0, 0.05) is 11.6 Å². The van der Waals surface area contributed by atoms with E-state index < -0.39 is 0 Å². The zero-order chi connectivity index (χ0) is 17.4. The summed E-state index contributed by atoms with van der Waals surface area (Å²) < 4.78 is 0. The summed E-state index contributed by atoms with van der Waals surface area (Å²) in [6.45, 7) is 12.5. The fourth-order valence-corrected chi connectivity index (χ4v) is 4.32. The van der Waals surface area contributed by atoms with Crippen LogP contribution in [0.3, 0.4) is 0 Å². The minimum Gasteiger partial charge on any atom is -0.317 e. The highest BCUT2D eigenvalue weighted by molar-refractivity contribution is 6.30. The fraction of sp³-hybridized carbons (Fsp3) is 0.714. The zero-order valence-electron chi connectivity index (χ0n) is 15.8. The molecule has 0 saturated carbocycles. The van der Waals surface area contributed by atoms with E-state index in [0.29, 0.717) is 11.8 Å². The maximum absolute atomic E-state index is 6.29. The smallest absolute Gasteiger partial charge is 0.0408 e. The maximum Gasteiger partial charge on any atom is 0.0408 e. The molecule has 1 aromatic carbocycles. The average molecular weight is 351 g/mol. The first kappa shape index (κ1) is 19.8. The first-order valence-corrected chi connectivity index (χ1v) is 10.3. The predicted molar refractivity (Wildman–Crippen MR) is 106 cm³/mol. The average Bonchev–Trinajstić information content (AvgIpc) is 3.10. The second kappa shape index (κ2) is 10.4. The van der Waals surface area contributed by atoms with E-state index in [0.717, 1.165) is 24.5 Å². The van der Waals surface area contributed by atoms with Gasteiger partial charge in [0.1, 0.15) is 0 Å². The summed E-state index contributed by atoms with van der Waals surface area (Å²) in [4.78, 5) is 2.62. The Morgan fingerprint density at radius 3 is 2.50 bits per heavy atom. The summed E-state index contributed by atoms with van der Waals surface area (Å²) in [6.07, 6.45) is 6.44. The van der Waals surface area contributed by atoms with Crippen molar-refractivity contribution >= 4 is 11.6 Å². The Morgan fingerprint density at radius 1 is 1.17 bits per heavy atom. The van der Waals surface area contributed by atoms with Crippen molar-refractivity contribution in [1.29, 1.82) is 0 Å². The van der Waals surface area contributed by atoms with Crippen molar-refractivity contribution in [2.45, 2.75) is 58.8 Å². The van der Waals surface area contributed by atoms with Crippen LogP contribution in [-0.4, -0.2) is 37.6 Å². The second-order valence-corrected chi connectivity index (χ2v) is 7.62. The molecule has 3 rings (SSSR count). The van der Waals surface area contributed by atoms with Gasteiger partial charge in [0.2, 0.25) is 0 Å². The largest absolute Gasteiger partial charge is 0.317 e. The van der Waals surface area contributed by atoms with Gasteiger partial charge in [-0.25, -0.2) is 0 Å². The van der Waals surface area contributed by atoms with Crippen LogP contribution in [0.1, 0.15) is 63.5 Å². The maximum atomic E-state index is 6.29. The van der Waals surface area contributed by atoms with E-state index >= 15 is 0 Å². The van der Waals surface area contributed by atoms with Crippen LogP contribution in [0.4, 0.5) is 0 Å². The topological polar surface area (TPSA) is 15.3 Å². The van der Waals surface area contributed by atoms with Crippen LogP contribution in [-0.2, 0) is 6.42 Å². The highest BCUT2D eigenvalue weighted by Gasteiger charge is 2.20. The molecule has 0 bridgehead atoms. The van der Waals surface area contributed by atoms with E-state index in [1.807, 2.05) is 13.8 Å². The van der Waals surface area contributed by atoms with Crippen LogP contribution in [0.15, 0.2) is 18.2 Å². The van der Waals surface area contributed by atoms with Crippen molar-refractivity contribution in [2.75, 3.05) is 32.7 Å². The van der Waals surface area contributed by atoms with Gasteiger partial charge in [0.25, 0.3) is 0 Å². The molecule has 3 heteroatoms. The molecule has 24 heavy (non-hydrogen) atoms. The van der Waals surface area contributed by atoms with Gasteiger partial charge in [0.15, 0.2) is 0 Å². The molecule has 1 unspecified atom stereocenters. The first-order chi connectivity index (χ1) is 11.7. The van der Waals surface area contributed by atoms with Crippen molar-refractivity contribution in [1.82, 2.24) is 10.2 Å². The Morgan fingerprint density at radius 2 is 1.83 bits per heavy atom. The number of halogens is 1. The molecule has 1 N–H and O–H groups in total. The molecule has 0 spiro atoms. The van der Waals surface area contributed by atoms with Crippen molar-refractivity contribution in [2.24, 2.45) is 5.92 Å². The van der Waals surface area contributed by atoms with E-state index in [4.69, 9.17) is 11.6 Å². The molecule has 1 aromatic rings. The third kappa shape index (κ3) is 5.75. The third-order valence-electron chi connectivity index (χ3n) is 5.22. The predicted octanol–water partition coefficient (Wildman–Crippen LogP) is 5.11. The molecule has 0 aliphatic carbocycles. The lowest BCUT2D eigenvalue weighted by atomic mass is 9.84. The summed E-state index contributed by atoms with van der Waals surface area (Å²) in [6, 6.07) is 6.59. The Bertz CT molecular complexity index is 477. The number of benzene rings is 1. The van der Waals surface area contributed by atoms with E-state index in [2.05, 4.69) is 35.3 Å². The lowest BCUT2D eigenvalue weighted by Gasteiger charge is -2.27. The van der Waals surface area contributed by atoms with E-state index in [-0.39, 0.29) is 0 Å². The molecule has 136 valence electrons. The molecule has 2 aliphatic rings. The summed E-state index contributed by atoms with van der Waals surface area (Å²) >= 11 is 6.29. The fourth-order valence-electron chi connectivity index (χ4n) is 4.13. The number of nitrogens with one attached hydrogen (secondary N) is 1. The van der Waals surface area contributed by atoms with Gasteiger partial charge < -0.3 is 10.2 Å². The number of rotatable bonds is 5. The minimum absolute atomic E-state index is 0.706. The van der Waals surface area contributed by atoms with Gasteiger partial charge in [-0.1, -0.05) is 38.4 Å². The van der Waals surface area contributed by atoms with Crippen LogP contribution in [0.25, 0.3) is 0 Å². The Labute approximate surface area is 154 Å². The van der Waals surface area contributed by atoms with Crippen LogP contribution in [0.2, 0.25) is 5.02 Å². The van der Waals surface area contributed by atoms with Gasteiger partial charge in [-0.05, 0) is 93.4 Å². The van der Waals surface area contributed by atoms with Gasteiger partial charge >= 0.3 is 0 Å². The molecule has 2 saturated heterocycles. The lowest BCUT2D eigenvalue weighted by molar-refractivity contribution is 0.286. The van der Waals surface area contributed by atoms with E-state index in [1.54, 1.807) is 5.56 Å². The molecular weight excluding hydrogens is 316 g/mol. The summed E-state index contributed by atoms with van der Waals surface area (Å²) in [5.41, 5.74) is 3.05. The van der Waals surface area contributed by atoms with Gasteiger partial charge in [-0.15, -0.1) is 0 Å². The van der Waals surface area contributed by atoms with Gasteiger partial charge in [-0.3, -0.25) is 0 Å². The van der Waals surface area contributed by atoms with E-state index in [1.165, 1.54) is 50.9 Å². The SMILES string of the molecule is CC.CC(Cc1cc(Cl)ccc1C1CCNCC1)CN1CCCC1. The van der Waals surface area contributed by atoms with Crippen molar-refractivity contribution in [3.05, 3.63) is 34.3 Å². The van der Waals surface area contributed by atoms with Crippen LogP contribution in [0, 0.1) is 5.92 Å². The quantitative estimate of drug-likeness (QED) is 0.794. The molecule has 0 aromatic heterocycles. The molecule has 2 heterocycles. The highest BCUT2D eigenvalue weighted by Crippen LogP contribution is 2.31. The monoisotopic (exact) mass is 350 g/mol. The molecule has 2 aliphatic heterocycles. The third-order valence-corrected chi connectivity index (χ3v) is 5.46. The van der Waals surface area contributed by atoms with Crippen LogP contribution >= 0.6 is 11.6 Å². The first-order valence-electron chi connectivity index (χ1n) is 9.94. The molecule has 0 radical (unpaired) electrons. The Hall–Kier alpha value is -0.570. The number of nitrogens with zero attached hydrogens (tertiary/aromatic N) is 1. The second-order valence-electron chi connectivity index (χ2n) is 7.18. The summed E-state index contributed by atoms with van der Waals surface area (Å²) in [7, 11) is 0. The molecular formula is C21H35ClN2. The standard InChI is InChI=1S/C19H29ClN2.C2H6/c1-15(14-22-10-2-3-11-22)12-17-13-18(20)4-5-19(17)16-6-8-21-9-7-16;1-2/h4-5,13,15-16,21H,2-3,6-12,14H2,1H3;1-2H3. The molecule has 1 atom stereocenters. The lowest BCUT2D eigenvalue weighted by Crippen LogP contribution is -2.28. The Kier molecular flexibility index (Phi) is 8.58. The zero-order valence-corrected chi connectivity index (χ0v) is 16.5. The summed E-state index contributed by atoms with van der Waals surface area (Å²) in [5.74, 6) is 1.42. The normalized spacial score (nSPS) is 20.5. The molecule has 2 nitrogen and oxygen atoms in total. The van der Waals surface area contributed by atoms with Crippen LogP contribution < -0.4 is 5.32 Å². The Balaban J connectivity index is 0.00000100. The molecule has 2 fully saturated rings. The number of hydrogen-bond donors (Lipinski definition) is 1. The van der Waals surface area contributed by atoms with Crippen molar-refractivity contribution in [3.8, 4) is 0 Å². The molecule has 0 amide bonds. The van der Waals surface area contributed by atoms with E-state index in [9.17, 15) is 0 Å². The van der Waals surface area contributed by atoms with Crippen molar-refractivity contribution < 1.29 is 0 Å². The van der Waals surface area contributed by atoms with Gasteiger partial charge in [-0.2, -0.15) is 0 Å².